The quantitative estimate of drug-likeness (QED) is 0.364. The summed E-state index contributed by atoms with van der Waals surface area (Å²) in [6.45, 7) is 8.30. The van der Waals surface area contributed by atoms with Crippen LogP contribution in [0, 0.1) is 13.8 Å². The van der Waals surface area contributed by atoms with Crippen LogP contribution >= 0.6 is 35.3 Å². The third kappa shape index (κ3) is 6.59. The standard InChI is InChI=1S/C17H27N5OS.HI/c1-6-18-17(20-11-16-21-12(2)13(3)24-16)19-10-14(22(4)5)15-8-7-9-23-15;/h7-9,14H,6,10-11H2,1-5H3,(H2,18,19,20);1H. The van der Waals surface area contributed by atoms with Crippen molar-refractivity contribution in [3.05, 3.63) is 39.7 Å². The van der Waals surface area contributed by atoms with E-state index in [1.165, 1.54) is 4.88 Å². The van der Waals surface area contributed by atoms with E-state index < -0.39 is 0 Å². The van der Waals surface area contributed by atoms with Gasteiger partial charge in [0.25, 0.3) is 0 Å². The maximum absolute atomic E-state index is 5.54. The molecule has 2 aromatic rings. The third-order valence-electron chi connectivity index (χ3n) is 3.75. The first-order valence-electron chi connectivity index (χ1n) is 8.16. The second-order valence-electron chi connectivity index (χ2n) is 5.82. The number of furan rings is 1. The van der Waals surface area contributed by atoms with E-state index in [9.17, 15) is 0 Å². The predicted octanol–water partition coefficient (Wildman–Crippen LogP) is 3.33. The Morgan fingerprint density at radius 2 is 2.12 bits per heavy atom. The van der Waals surface area contributed by atoms with Gasteiger partial charge in [-0.15, -0.1) is 35.3 Å². The van der Waals surface area contributed by atoms with E-state index in [0.29, 0.717) is 13.1 Å². The molecule has 0 fully saturated rings. The van der Waals surface area contributed by atoms with Crippen molar-refractivity contribution in [2.24, 2.45) is 4.99 Å². The van der Waals surface area contributed by atoms with Crippen molar-refractivity contribution >= 4 is 41.3 Å². The van der Waals surface area contributed by atoms with Crippen LogP contribution < -0.4 is 10.6 Å². The average molecular weight is 477 g/mol. The van der Waals surface area contributed by atoms with Crippen molar-refractivity contribution in [1.82, 2.24) is 20.5 Å². The minimum absolute atomic E-state index is 0. The number of aryl methyl sites for hydroxylation is 2. The topological polar surface area (TPSA) is 65.7 Å². The fourth-order valence-electron chi connectivity index (χ4n) is 2.31. The molecule has 140 valence electrons. The molecule has 0 aliphatic heterocycles. The Balaban J connectivity index is 0.00000312. The summed E-state index contributed by atoms with van der Waals surface area (Å²) in [6.07, 6.45) is 1.71. The second kappa shape index (κ2) is 10.8. The number of rotatable bonds is 7. The number of hydrogen-bond donors (Lipinski definition) is 2. The SMILES string of the molecule is CCNC(=NCc1nc(C)c(C)s1)NCC(c1ccco1)N(C)C.I. The summed E-state index contributed by atoms with van der Waals surface area (Å²) in [4.78, 5) is 12.6. The van der Waals surface area contributed by atoms with Gasteiger partial charge in [0.05, 0.1) is 24.5 Å². The molecule has 0 saturated heterocycles. The normalized spacial score (nSPS) is 12.8. The zero-order valence-corrected chi connectivity index (χ0v) is 18.6. The lowest BCUT2D eigenvalue weighted by molar-refractivity contribution is 0.258. The lowest BCUT2D eigenvalue weighted by Crippen LogP contribution is -2.41. The van der Waals surface area contributed by atoms with Gasteiger partial charge in [-0.3, -0.25) is 4.90 Å². The number of guanidine groups is 1. The molecular formula is C17H28IN5OS. The number of aliphatic imine (C=N–C) groups is 1. The Morgan fingerprint density at radius 3 is 2.64 bits per heavy atom. The molecule has 1 atom stereocenters. The minimum Gasteiger partial charge on any atom is -0.468 e. The Labute approximate surface area is 171 Å². The number of aromatic nitrogens is 1. The van der Waals surface area contributed by atoms with Crippen LogP contribution in [0.4, 0.5) is 0 Å². The van der Waals surface area contributed by atoms with Crippen molar-refractivity contribution in [3.63, 3.8) is 0 Å². The molecule has 0 radical (unpaired) electrons. The van der Waals surface area contributed by atoms with Gasteiger partial charge in [0, 0.05) is 18.0 Å². The Hall–Kier alpha value is -1.13. The average Bonchev–Trinajstić information content (AvgIpc) is 3.15. The van der Waals surface area contributed by atoms with Gasteiger partial charge in [0.1, 0.15) is 10.8 Å². The van der Waals surface area contributed by atoms with E-state index >= 15 is 0 Å². The summed E-state index contributed by atoms with van der Waals surface area (Å²) >= 11 is 1.70. The highest BCUT2D eigenvalue weighted by Gasteiger charge is 2.17. The Kier molecular flexibility index (Phi) is 9.44. The smallest absolute Gasteiger partial charge is 0.191 e. The molecule has 0 spiro atoms. The fraction of sp³-hybridized carbons (Fsp3) is 0.529. The van der Waals surface area contributed by atoms with Gasteiger partial charge in [-0.1, -0.05) is 0 Å². The number of likely N-dealkylation sites (N-methyl/N-ethyl adjacent to an activating group) is 1. The lowest BCUT2D eigenvalue weighted by Gasteiger charge is -2.23. The van der Waals surface area contributed by atoms with Crippen LogP contribution in [-0.2, 0) is 6.54 Å². The van der Waals surface area contributed by atoms with Gasteiger partial charge in [-0.05, 0) is 47.0 Å². The molecule has 2 N–H and O–H groups in total. The van der Waals surface area contributed by atoms with Crippen molar-refractivity contribution in [1.29, 1.82) is 0 Å². The highest BCUT2D eigenvalue weighted by Crippen LogP contribution is 2.18. The molecule has 0 aliphatic carbocycles. The van der Waals surface area contributed by atoms with Gasteiger partial charge in [0.2, 0.25) is 0 Å². The summed E-state index contributed by atoms with van der Waals surface area (Å²) in [5, 5.41) is 7.72. The molecule has 0 amide bonds. The van der Waals surface area contributed by atoms with Crippen LogP contribution in [0.3, 0.4) is 0 Å². The number of nitrogens with zero attached hydrogens (tertiary/aromatic N) is 3. The van der Waals surface area contributed by atoms with Gasteiger partial charge in [0.15, 0.2) is 5.96 Å². The van der Waals surface area contributed by atoms with E-state index in [0.717, 1.165) is 29.0 Å². The molecular weight excluding hydrogens is 449 g/mol. The third-order valence-corrected chi connectivity index (χ3v) is 4.80. The number of hydrogen-bond acceptors (Lipinski definition) is 5. The summed E-state index contributed by atoms with van der Waals surface area (Å²) < 4.78 is 5.54. The van der Waals surface area contributed by atoms with E-state index in [4.69, 9.17) is 4.42 Å². The number of nitrogens with one attached hydrogen (secondary N) is 2. The predicted molar refractivity (Wildman–Crippen MR) is 115 cm³/mol. The largest absolute Gasteiger partial charge is 0.468 e. The molecule has 2 aromatic heterocycles. The second-order valence-corrected chi connectivity index (χ2v) is 7.11. The summed E-state index contributed by atoms with van der Waals surface area (Å²) in [5.74, 6) is 1.73. The summed E-state index contributed by atoms with van der Waals surface area (Å²) in [7, 11) is 4.08. The molecule has 2 heterocycles. The van der Waals surface area contributed by atoms with Crippen LogP contribution in [0.15, 0.2) is 27.8 Å². The van der Waals surface area contributed by atoms with Crippen LogP contribution in [0.25, 0.3) is 0 Å². The zero-order chi connectivity index (χ0) is 17.5. The van der Waals surface area contributed by atoms with E-state index in [1.54, 1.807) is 17.6 Å². The molecule has 8 heteroatoms. The first-order chi connectivity index (χ1) is 11.5. The van der Waals surface area contributed by atoms with Crippen LogP contribution in [0.1, 0.15) is 34.3 Å². The molecule has 25 heavy (non-hydrogen) atoms. The molecule has 2 rings (SSSR count). The van der Waals surface area contributed by atoms with Crippen molar-refractivity contribution in [2.45, 2.75) is 33.4 Å². The van der Waals surface area contributed by atoms with E-state index in [-0.39, 0.29) is 30.0 Å². The molecule has 0 bridgehead atoms. The Bertz CT molecular complexity index is 635. The van der Waals surface area contributed by atoms with E-state index in [1.807, 2.05) is 33.2 Å². The molecule has 1 unspecified atom stereocenters. The lowest BCUT2D eigenvalue weighted by atomic mass is 10.2. The fourth-order valence-corrected chi connectivity index (χ4v) is 3.17. The minimum atomic E-state index is 0. The Morgan fingerprint density at radius 1 is 1.36 bits per heavy atom. The first kappa shape index (κ1) is 21.9. The van der Waals surface area contributed by atoms with Crippen molar-refractivity contribution in [2.75, 3.05) is 27.2 Å². The van der Waals surface area contributed by atoms with Crippen LogP contribution in [-0.4, -0.2) is 43.0 Å². The maximum Gasteiger partial charge on any atom is 0.191 e. The molecule has 0 aromatic carbocycles. The molecule has 6 nitrogen and oxygen atoms in total. The summed E-state index contributed by atoms with van der Waals surface area (Å²) in [6, 6.07) is 4.06. The van der Waals surface area contributed by atoms with Gasteiger partial charge >= 0.3 is 0 Å². The molecule has 0 aliphatic rings. The van der Waals surface area contributed by atoms with Crippen LogP contribution in [0.5, 0.6) is 0 Å². The van der Waals surface area contributed by atoms with Gasteiger partial charge in [-0.25, -0.2) is 9.98 Å². The van der Waals surface area contributed by atoms with Crippen molar-refractivity contribution in [3.8, 4) is 0 Å². The number of halogens is 1. The zero-order valence-electron chi connectivity index (χ0n) is 15.5. The highest BCUT2D eigenvalue weighted by molar-refractivity contribution is 14.0. The highest BCUT2D eigenvalue weighted by atomic mass is 127. The monoisotopic (exact) mass is 477 g/mol. The number of thiazole rings is 1. The molecule has 0 saturated carbocycles. The van der Waals surface area contributed by atoms with Gasteiger partial charge in [-0.2, -0.15) is 0 Å². The van der Waals surface area contributed by atoms with E-state index in [2.05, 4.69) is 39.4 Å². The van der Waals surface area contributed by atoms with Crippen LogP contribution in [0.2, 0.25) is 0 Å². The first-order valence-corrected chi connectivity index (χ1v) is 8.97. The van der Waals surface area contributed by atoms with Gasteiger partial charge < -0.3 is 15.1 Å². The maximum atomic E-state index is 5.54. The summed E-state index contributed by atoms with van der Waals surface area (Å²) in [5.41, 5.74) is 1.09. The van der Waals surface area contributed by atoms with Crippen molar-refractivity contribution < 1.29 is 4.42 Å².